The molecule has 0 N–H and O–H groups in total. The molecule has 0 heteroatoms. The number of rotatable bonds is 4. The van der Waals surface area contributed by atoms with Gasteiger partial charge >= 0.3 is 0 Å². The summed E-state index contributed by atoms with van der Waals surface area (Å²) in [4.78, 5) is 0. The molecule has 2 aromatic rings. The Balaban J connectivity index is 2.40. The van der Waals surface area contributed by atoms with Crippen LogP contribution in [0.15, 0.2) is 78.9 Å². The molecular formula is C21H24. The van der Waals surface area contributed by atoms with Gasteiger partial charge in [-0.3, -0.25) is 0 Å². The first kappa shape index (κ1) is 15.3. The van der Waals surface area contributed by atoms with Crippen molar-refractivity contribution in [1.29, 1.82) is 0 Å². The molecule has 2 aromatic carbocycles. The molecule has 0 nitrogen and oxygen atoms in total. The predicted molar refractivity (Wildman–Crippen MR) is 93.2 cm³/mol. The van der Waals surface area contributed by atoms with Gasteiger partial charge in [-0.05, 0) is 28.5 Å². The van der Waals surface area contributed by atoms with Crippen LogP contribution in [0.25, 0.3) is 5.57 Å². The van der Waals surface area contributed by atoms with Gasteiger partial charge in [0.1, 0.15) is 0 Å². The maximum absolute atomic E-state index is 4.25. The molecule has 0 aliphatic heterocycles. The Labute approximate surface area is 128 Å². The third-order valence-corrected chi connectivity index (χ3v) is 3.28. The highest BCUT2D eigenvalue weighted by Crippen LogP contribution is 2.29. The van der Waals surface area contributed by atoms with Crippen LogP contribution in [0.5, 0.6) is 0 Å². The largest absolute Gasteiger partial charge is 0.0958 e. The highest BCUT2D eigenvalue weighted by atomic mass is 14.2. The molecule has 0 spiro atoms. The predicted octanol–water partition coefficient (Wildman–Crippen LogP) is 6.11. The van der Waals surface area contributed by atoms with Gasteiger partial charge in [0, 0.05) is 0 Å². The van der Waals surface area contributed by atoms with Crippen molar-refractivity contribution < 1.29 is 0 Å². The lowest BCUT2D eigenvalue weighted by Gasteiger charge is -2.19. The maximum Gasteiger partial charge on any atom is -0.0109 e. The zero-order chi connectivity index (χ0) is 15.3. The van der Waals surface area contributed by atoms with Gasteiger partial charge in [0.25, 0.3) is 0 Å². The molecule has 21 heavy (non-hydrogen) atoms. The standard InChI is InChI=1S/C21H24/c1-17(16-21(2,3)4)15-20(18-11-7-5-8-12-18)19-13-9-6-10-14-19/h5-15H,1,16H2,2-4H3. The molecule has 0 unspecified atom stereocenters. The van der Waals surface area contributed by atoms with Crippen molar-refractivity contribution in [3.05, 3.63) is 90.0 Å². The summed E-state index contributed by atoms with van der Waals surface area (Å²) < 4.78 is 0. The van der Waals surface area contributed by atoms with Crippen LogP contribution in [0.4, 0.5) is 0 Å². The average molecular weight is 276 g/mol. The van der Waals surface area contributed by atoms with Crippen LogP contribution >= 0.6 is 0 Å². The lowest BCUT2D eigenvalue weighted by atomic mass is 9.86. The van der Waals surface area contributed by atoms with Crippen LogP contribution in [0.2, 0.25) is 0 Å². The quantitative estimate of drug-likeness (QED) is 0.591. The second-order valence-corrected chi connectivity index (χ2v) is 6.69. The van der Waals surface area contributed by atoms with Gasteiger partial charge in [-0.25, -0.2) is 0 Å². The SMILES string of the molecule is C=C(C=C(c1ccccc1)c1ccccc1)CC(C)(C)C. The molecule has 0 aromatic heterocycles. The van der Waals surface area contributed by atoms with Gasteiger partial charge in [0.2, 0.25) is 0 Å². The topological polar surface area (TPSA) is 0 Å². The summed E-state index contributed by atoms with van der Waals surface area (Å²) in [5.41, 5.74) is 5.14. The number of allylic oxidation sites excluding steroid dienone is 2. The van der Waals surface area contributed by atoms with Crippen molar-refractivity contribution in [2.24, 2.45) is 5.41 Å². The summed E-state index contributed by atoms with van der Waals surface area (Å²) in [6.45, 7) is 11.0. The number of hydrogen-bond donors (Lipinski definition) is 0. The Bertz CT molecular complexity index is 569. The minimum atomic E-state index is 0.256. The second kappa shape index (κ2) is 6.58. The molecule has 0 aliphatic carbocycles. The fraction of sp³-hybridized carbons (Fsp3) is 0.238. The van der Waals surface area contributed by atoms with E-state index >= 15 is 0 Å². The van der Waals surface area contributed by atoms with Crippen LogP contribution < -0.4 is 0 Å². The lowest BCUT2D eigenvalue weighted by Crippen LogP contribution is -2.05. The third-order valence-electron chi connectivity index (χ3n) is 3.28. The normalized spacial score (nSPS) is 11.0. The van der Waals surface area contributed by atoms with Crippen molar-refractivity contribution in [2.75, 3.05) is 0 Å². The monoisotopic (exact) mass is 276 g/mol. The molecule has 0 atom stereocenters. The summed E-state index contributed by atoms with van der Waals surface area (Å²) >= 11 is 0. The van der Waals surface area contributed by atoms with Gasteiger partial charge in [-0.2, -0.15) is 0 Å². The minimum absolute atomic E-state index is 0.256. The molecular weight excluding hydrogens is 252 g/mol. The summed E-state index contributed by atoms with van der Waals surface area (Å²) in [6, 6.07) is 21.1. The van der Waals surface area contributed by atoms with Gasteiger partial charge in [-0.1, -0.05) is 99.7 Å². The van der Waals surface area contributed by atoms with Crippen molar-refractivity contribution in [2.45, 2.75) is 27.2 Å². The van der Waals surface area contributed by atoms with E-state index in [0.717, 1.165) is 6.42 Å². The molecule has 108 valence electrons. The summed E-state index contributed by atoms with van der Waals surface area (Å²) in [5.74, 6) is 0. The Morgan fingerprint density at radius 2 is 1.29 bits per heavy atom. The van der Waals surface area contributed by atoms with Crippen LogP contribution in [-0.2, 0) is 0 Å². The highest BCUT2D eigenvalue weighted by molar-refractivity contribution is 5.81. The summed E-state index contributed by atoms with van der Waals surface area (Å²) in [7, 11) is 0. The fourth-order valence-corrected chi connectivity index (χ4v) is 2.51. The smallest absolute Gasteiger partial charge is 0.0109 e. The van der Waals surface area contributed by atoms with Crippen molar-refractivity contribution >= 4 is 5.57 Å². The van der Waals surface area contributed by atoms with E-state index in [0.29, 0.717) is 0 Å². The second-order valence-electron chi connectivity index (χ2n) is 6.69. The van der Waals surface area contributed by atoms with Crippen LogP contribution in [-0.4, -0.2) is 0 Å². The first-order valence-electron chi connectivity index (χ1n) is 7.46. The van der Waals surface area contributed by atoms with E-state index in [-0.39, 0.29) is 5.41 Å². The summed E-state index contributed by atoms with van der Waals surface area (Å²) in [5, 5.41) is 0. The molecule has 0 saturated carbocycles. The van der Waals surface area contributed by atoms with Crippen molar-refractivity contribution in [3.8, 4) is 0 Å². The Hall–Kier alpha value is -2.08. The van der Waals surface area contributed by atoms with E-state index in [1.165, 1.54) is 22.3 Å². The van der Waals surface area contributed by atoms with Gasteiger partial charge in [-0.15, -0.1) is 0 Å². The van der Waals surface area contributed by atoms with E-state index in [1.807, 2.05) is 0 Å². The van der Waals surface area contributed by atoms with E-state index in [9.17, 15) is 0 Å². The zero-order valence-corrected chi connectivity index (χ0v) is 13.3. The van der Waals surface area contributed by atoms with Crippen LogP contribution in [0, 0.1) is 5.41 Å². The zero-order valence-electron chi connectivity index (χ0n) is 13.3. The minimum Gasteiger partial charge on any atom is -0.0958 e. The Morgan fingerprint density at radius 1 is 0.857 bits per heavy atom. The lowest BCUT2D eigenvalue weighted by molar-refractivity contribution is 0.414. The molecule has 0 bridgehead atoms. The molecule has 0 aliphatic rings. The van der Waals surface area contributed by atoms with E-state index < -0.39 is 0 Å². The van der Waals surface area contributed by atoms with Crippen LogP contribution in [0.3, 0.4) is 0 Å². The first-order valence-corrected chi connectivity index (χ1v) is 7.46. The van der Waals surface area contributed by atoms with Crippen molar-refractivity contribution in [1.82, 2.24) is 0 Å². The van der Waals surface area contributed by atoms with Gasteiger partial charge in [0.05, 0.1) is 0 Å². The van der Waals surface area contributed by atoms with E-state index in [4.69, 9.17) is 0 Å². The molecule has 0 heterocycles. The molecule has 0 saturated heterocycles. The fourth-order valence-electron chi connectivity index (χ4n) is 2.51. The molecule has 0 fully saturated rings. The highest BCUT2D eigenvalue weighted by Gasteiger charge is 2.12. The Kier molecular flexibility index (Phi) is 4.80. The van der Waals surface area contributed by atoms with Crippen LogP contribution in [0.1, 0.15) is 38.3 Å². The number of hydrogen-bond acceptors (Lipinski definition) is 0. The third kappa shape index (κ3) is 4.75. The molecule has 2 rings (SSSR count). The molecule has 0 radical (unpaired) electrons. The first-order chi connectivity index (χ1) is 9.96. The van der Waals surface area contributed by atoms with Gasteiger partial charge in [0.15, 0.2) is 0 Å². The van der Waals surface area contributed by atoms with Crippen molar-refractivity contribution in [3.63, 3.8) is 0 Å². The Morgan fingerprint density at radius 3 is 1.67 bits per heavy atom. The molecule has 0 amide bonds. The average Bonchev–Trinajstić information content (AvgIpc) is 2.45. The maximum atomic E-state index is 4.25. The van der Waals surface area contributed by atoms with E-state index in [1.54, 1.807) is 0 Å². The van der Waals surface area contributed by atoms with Gasteiger partial charge < -0.3 is 0 Å². The van der Waals surface area contributed by atoms with E-state index in [2.05, 4.69) is 94.1 Å². The summed E-state index contributed by atoms with van der Waals surface area (Å²) in [6.07, 6.45) is 3.23. The number of benzene rings is 2.